The number of hydrogen-bond acceptors (Lipinski definition) is 2. The van der Waals surface area contributed by atoms with E-state index in [1.54, 1.807) is 0 Å². The molecular weight excluding hydrogens is 210 g/mol. The molecule has 3 N–H and O–H groups in total. The second-order valence-corrected chi connectivity index (χ2v) is 4.86. The van der Waals surface area contributed by atoms with Gasteiger partial charge in [0, 0.05) is 11.6 Å². The Balaban J connectivity index is 2.11. The van der Waals surface area contributed by atoms with Gasteiger partial charge in [-0.1, -0.05) is 23.7 Å². The van der Waals surface area contributed by atoms with Gasteiger partial charge in [0.05, 0.1) is 5.60 Å². The Hall–Kier alpha value is -0.570. The van der Waals surface area contributed by atoms with E-state index in [0.29, 0.717) is 12.5 Å². The van der Waals surface area contributed by atoms with E-state index in [0.717, 1.165) is 24.3 Å². The molecule has 15 heavy (non-hydrogen) atoms. The second-order valence-electron chi connectivity index (χ2n) is 4.42. The topological polar surface area (TPSA) is 46.2 Å². The van der Waals surface area contributed by atoms with Crippen LogP contribution in [0.1, 0.15) is 30.7 Å². The Morgan fingerprint density at radius 1 is 1.40 bits per heavy atom. The summed E-state index contributed by atoms with van der Waals surface area (Å²) in [4.78, 5) is 0. The third-order valence-corrected chi connectivity index (χ3v) is 3.56. The minimum absolute atomic E-state index is 0.358. The minimum atomic E-state index is -0.649. The molecule has 1 aromatic rings. The molecule has 1 aliphatic rings. The van der Waals surface area contributed by atoms with Crippen molar-refractivity contribution in [2.24, 2.45) is 5.73 Å². The Bertz CT molecular complexity index is 338. The zero-order valence-corrected chi connectivity index (χ0v) is 9.37. The van der Waals surface area contributed by atoms with E-state index in [-0.39, 0.29) is 0 Å². The van der Waals surface area contributed by atoms with Gasteiger partial charge in [0.2, 0.25) is 0 Å². The largest absolute Gasteiger partial charge is 0.389 e. The Labute approximate surface area is 95.1 Å². The van der Waals surface area contributed by atoms with Gasteiger partial charge in [-0.2, -0.15) is 0 Å². The molecule has 0 heterocycles. The summed E-state index contributed by atoms with van der Waals surface area (Å²) in [6.07, 6.45) is 2.58. The van der Waals surface area contributed by atoms with E-state index >= 15 is 0 Å². The lowest BCUT2D eigenvalue weighted by molar-refractivity contribution is 0.0554. The number of aliphatic hydroxyl groups is 1. The molecule has 0 spiro atoms. The number of benzene rings is 1. The molecule has 0 radical (unpaired) electrons. The molecule has 0 amide bonds. The van der Waals surface area contributed by atoms with Crippen LogP contribution < -0.4 is 5.73 Å². The Kier molecular flexibility index (Phi) is 3.01. The van der Waals surface area contributed by atoms with Crippen LogP contribution in [0, 0.1) is 0 Å². The van der Waals surface area contributed by atoms with Gasteiger partial charge in [0.15, 0.2) is 0 Å². The molecule has 0 saturated heterocycles. The standard InChI is InChI=1S/C12H16ClNO/c13-11-3-1-9(2-4-11)10-5-6-12(15,7-10)8-14/h1-4,10,15H,5-8,14H2. The molecule has 2 unspecified atom stereocenters. The first-order valence-corrected chi connectivity index (χ1v) is 5.69. The maximum atomic E-state index is 10.0. The van der Waals surface area contributed by atoms with Crippen LogP contribution in [-0.4, -0.2) is 17.3 Å². The fourth-order valence-electron chi connectivity index (χ4n) is 2.31. The van der Waals surface area contributed by atoms with Crippen molar-refractivity contribution in [3.05, 3.63) is 34.9 Å². The Morgan fingerprint density at radius 3 is 2.60 bits per heavy atom. The quantitative estimate of drug-likeness (QED) is 0.812. The highest BCUT2D eigenvalue weighted by Gasteiger charge is 2.36. The molecule has 3 heteroatoms. The predicted octanol–water partition coefficient (Wildman–Crippen LogP) is 2.30. The van der Waals surface area contributed by atoms with E-state index in [1.165, 1.54) is 5.56 Å². The monoisotopic (exact) mass is 225 g/mol. The van der Waals surface area contributed by atoms with Crippen molar-refractivity contribution in [3.63, 3.8) is 0 Å². The van der Waals surface area contributed by atoms with Gasteiger partial charge in [0.25, 0.3) is 0 Å². The SMILES string of the molecule is NCC1(O)CCC(c2ccc(Cl)cc2)C1. The van der Waals surface area contributed by atoms with Gasteiger partial charge in [-0.05, 0) is 42.9 Å². The zero-order chi connectivity index (χ0) is 10.9. The van der Waals surface area contributed by atoms with Crippen molar-refractivity contribution in [2.75, 3.05) is 6.54 Å². The Morgan fingerprint density at radius 2 is 2.07 bits per heavy atom. The third kappa shape index (κ3) is 2.33. The van der Waals surface area contributed by atoms with Crippen molar-refractivity contribution in [1.82, 2.24) is 0 Å². The van der Waals surface area contributed by atoms with Gasteiger partial charge >= 0.3 is 0 Å². The maximum absolute atomic E-state index is 10.0. The molecule has 1 aliphatic carbocycles. The highest BCUT2D eigenvalue weighted by atomic mass is 35.5. The zero-order valence-electron chi connectivity index (χ0n) is 8.62. The first-order chi connectivity index (χ1) is 7.13. The molecule has 2 nitrogen and oxygen atoms in total. The van der Waals surface area contributed by atoms with Crippen LogP contribution in [0.4, 0.5) is 0 Å². The lowest BCUT2D eigenvalue weighted by Crippen LogP contribution is -2.34. The fourth-order valence-corrected chi connectivity index (χ4v) is 2.44. The van der Waals surface area contributed by atoms with Crippen molar-refractivity contribution in [1.29, 1.82) is 0 Å². The fraction of sp³-hybridized carbons (Fsp3) is 0.500. The molecule has 0 bridgehead atoms. The number of rotatable bonds is 2. The number of nitrogens with two attached hydrogens (primary N) is 1. The van der Waals surface area contributed by atoms with E-state index in [9.17, 15) is 5.11 Å². The van der Waals surface area contributed by atoms with Crippen LogP contribution in [-0.2, 0) is 0 Å². The van der Waals surface area contributed by atoms with E-state index in [4.69, 9.17) is 17.3 Å². The molecule has 0 aliphatic heterocycles. The van der Waals surface area contributed by atoms with Crippen LogP contribution in [0.5, 0.6) is 0 Å². The normalized spacial score (nSPS) is 30.7. The smallest absolute Gasteiger partial charge is 0.0775 e. The average molecular weight is 226 g/mol. The average Bonchev–Trinajstić information content (AvgIpc) is 2.63. The van der Waals surface area contributed by atoms with Crippen molar-refractivity contribution >= 4 is 11.6 Å². The number of hydrogen-bond donors (Lipinski definition) is 2. The molecule has 82 valence electrons. The molecule has 1 saturated carbocycles. The maximum Gasteiger partial charge on any atom is 0.0775 e. The van der Waals surface area contributed by atoms with Crippen LogP contribution >= 0.6 is 11.6 Å². The van der Waals surface area contributed by atoms with Gasteiger partial charge in [-0.15, -0.1) is 0 Å². The molecule has 0 aromatic heterocycles. The summed E-state index contributed by atoms with van der Waals surface area (Å²) in [7, 11) is 0. The van der Waals surface area contributed by atoms with Crippen LogP contribution in [0.3, 0.4) is 0 Å². The van der Waals surface area contributed by atoms with Crippen molar-refractivity contribution in [2.45, 2.75) is 30.8 Å². The van der Waals surface area contributed by atoms with Gasteiger partial charge in [0.1, 0.15) is 0 Å². The first-order valence-electron chi connectivity index (χ1n) is 5.31. The molecule has 2 rings (SSSR count). The summed E-state index contributed by atoms with van der Waals surface area (Å²) in [5.41, 5.74) is 6.17. The summed E-state index contributed by atoms with van der Waals surface area (Å²) in [5.74, 6) is 0.427. The predicted molar refractivity (Wildman–Crippen MR) is 62.0 cm³/mol. The lowest BCUT2D eigenvalue weighted by atomic mass is 9.95. The van der Waals surface area contributed by atoms with E-state index in [1.807, 2.05) is 24.3 Å². The van der Waals surface area contributed by atoms with Crippen molar-refractivity contribution in [3.8, 4) is 0 Å². The van der Waals surface area contributed by atoms with Gasteiger partial charge < -0.3 is 10.8 Å². The second kappa shape index (κ2) is 4.12. The van der Waals surface area contributed by atoms with Gasteiger partial charge in [-0.25, -0.2) is 0 Å². The first kappa shape index (κ1) is 10.9. The van der Waals surface area contributed by atoms with Crippen molar-refractivity contribution < 1.29 is 5.11 Å². The van der Waals surface area contributed by atoms with Gasteiger partial charge in [-0.3, -0.25) is 0 Å². The molecular formula is C12H16ClNO. The minimum Gasteiger partial charge on any atom is -0.389 e. The lowest BCUT2D eigenvalue weighted by Gasteiger charge is -2.20. The van der Waals surface area contributed by atoms with Crippen LogP contribution in [0.15, 0.2) is 24.3 Å². The summed E-state index contributed by atoms with van der Waals surface area (Å²) in [6.45, 7) is 0.358. The molecule has 2 atom stereocenters. The summed E-state index contributed by atoms with van der Waals surface area (Å²) in [5, 5.41) is 10.8. The van der Waals surface area contributed by atoms with Crippen LogP contribution in [0.25, 0.3) is 0 Å². The third-order valence-electron chi connectivity index (χ3n) is 3.31. The highest BCUT2D eigenvalue weighted by Crippen LogP contribution is 2.40. The number of halogens is 1. The summed E-state index contributed by atoms with van der Waals surface area (Å²) in [6, 6.07) is 7.87. The highest BCUT2D eigenvalue weighted by molar-refractivity contribution is 6.30. The molecule has 1 aromatic carbocycles. The van der Waals surface area contributed by atoms with E-state index in [2.05, 4.69) is 0 Å². The summed E-state index contributed by atoms with van der Waals surface area (Å²) >= 11 is 5.83. The molecule has 1 fully saturated rings. The summed E-state index contributed by atoms with van der Waals surface area (Å²) < 4.78 is 0. The van der Waals surface area contributed by atoms with E-state index < -0.39 is 5.60 Å². The van der Waals surface area contributed by atoms with Crippen LogP contribution in [0.2, 0.25) is 5.02 Å².